The van der Waals surface area contributed by atoms with Gasteiger partial charge >= 0.3 is 0 Å². The monoisotopic (exact) mass is 367 g/mol. The topological polar surface area (TPSA) is 83.6 Å². The molecule has 23 heavy (non-hydrogen) atoms. The minimum absolute atomic E-state index is 0.248. The second-order valence-corrected chi connectivity index (χ2v) is 5.78. The van der Waals surface area contributed by atoms with Crippen LogP contribution in [0.5, 0.6) is 0 Å². The quantitative estimate of drug-likeness (QED) is 0.729. The molecular formula is C14H8Cl3N5O. The van der Waals surface area contributed by atoms with E-state index in [0.29, 0.717) is 27.1 Å². The van der Waals surface area contributed by atoms with E-state index in [0.717, 1.165) is 0 Å². The molecule has 0 atom stereocenters. The van der Waals surface area contributed by atoms with Crippen molar-refractivity contribution in [1.29, 1.82) is 0 Å². The lowest BCUT2D eigenvalue weighted by molar-refractivity contribution is 0.102. The molecule has 116 valence electrons. The van der Waals surface area contributed by atoms with Crippen LogP contribution in [0.15, 0.2) is 36.4 Å². The van der Waals surface area contributed by atoms with E-state index in [9.17, 15) is 4.79 Å². The summed E-state index contributed by atoms with van der Waals surface area (Å²) in [6.07, 6.45) is 0. The molecule has 0 saturated carbocycles. The lowest BCUT2D eigenvalue weighted by Crippen LogP contribution is -2.13. The average molecular weight is 369 g/mol. The first kappa shape index (κ1) is 15.7. The summed E-state index contributed by atoms with van der Waals surface area (Å²) in [5, 5.41) is 17.6. The minimum Gasteiger partial charge on any atom is -0.321 e. The first-order valence-corrected chi connectivity index (χ1v) is 7.48. The summed E-state index contributed by atoms with van der Waals surface area (Å²) in [4.78, 5) is 12.4. The van der Waals surface area contributed by atoms with Gasteiger partial charge in [-0.1, -0.05) is 34.8 Å². The van der Waals surface area contributed by atoms with Crippen LogP contribution < -0.4 is 5.32 Å². The molecule has 0 spiro atoms. The van der Waals surface area contributed by atoms with Crippen molar-refractivity contribution in [2.24, 2.45) is 0 Å². The molecule has 2 aromatic carbocycles. The molecule has 6 nitrogen and oxygen atoms in total. The van der Waals surface area contributed by atoms with Crippen molar-refractivity contribution in [2.45, 2.75) is 0 Å². The number of carbonyl (C=O) groups is 1. The Kier molecular flexibility index (Phi) is 4.47. The van der Waals surface area contributed by atoms with Gasteiger partial charge in [-0.2, -0.15) is 5.21 Å². The van der Waals surface area contributed by atoms with Crippen LogP contribution in [0.3, 0.4) is 0 Å². The molecule has 1 aromatic heterocycles. The van der Waals surface area contributed by atoms with E-state index in [4.69, 9.17) is 34.8 Å². The molecule has 9 heteroatoms. The summed E-state index contributed by atoms with van der Waals surface area (Å²) in [5.41, 5.74) is 1.30. The van der Waals surface area contributed by atoms with Gasteiger partial charge in [0.1, 0.15) is 0 Å². The van der Waals surface area contributed by atoms with Crippen LogP contribution in [0.25, 0.3) is 11.4 Å². The summed E-state index contributed by atoms with van der Waals surface area (Å²) in [7, 11) is 0. The second-order valence-electron chi connectivity index (χ2n) is 4.50. The number of nitrogens with one attached hydrogen (secondary N) is 2. The Bertz CT molecular complexity index is 867. The van der Waals surface area contributed by atoms with E-state index < -0.39 is 5.91 Å². The molecule has 1 amide bonds. The van der Waals surface area contributed by atoms with Gasteiger partial charge in [-0.3, -0.25) is 4.79 Å². The molecule has 0 aliphatic heterocycles. The lowest BCUT2D eigenvalue weighted by Gasteiger charge is -2.10. The fourth-order valence-corrected chi connectivity index (χ4v) is 2.62. The molecular weight excluding hydrogens is 361 g/mol. The van der Waals surface area contributed by atoms with E-state index in [1.165, 1.54) is 6.07 Å². The Balaban J connectivity index is 1.96. The molecule has 0 aliphatic carbocycles. The van der Waals surface area contributed by atoms with Gasteiger partial charge in [-0.25, -0.2) is 0 Å². The van der Waals surface area contributed by atoms with E-state index in [-0.39, 0.29) is 10.6 Å². The van der Waals surface area contributed by atoms with Crippen molar-refractivity contribution in [3.05, 3.63) is 57.0 Å². The van der Waals surface area contributed by atoms with Crippen molar-refractivity contribution in [3.63, 3.8) is 0 Å². The maximum Gasteiger partial charge on any atom is 0.257 e. The van der Waals surface area contributed by atoms with Gasteiger partial charge in [-0.05, 0) is 41.6 Å². The molecule has 0 fully saturated rings. The van der Waals surface area contributed by atoms with Gasteiger partial charge in [-0.15, -0.1) is 10.2 Å². The molecule has 0 bridgehead atoms. The Hall–Kier alpha value is -2.15. The molecule has 0 aliphatic rings. The van der Waals surface area contributed by atoms with Crippen LogP contribution in [0, 0.1) is 0 Å². The highest BCUT2D eigenvalue weighted by atomic mass is 35.5. The molecule has 0 unspecified atom stereocenters. The average Bonchev–Trinajstić information content (AvgIpc) is 3.01. The first-order valence-electron chi connectivity index (χ1n) is 6.34. The molecule has 0 radical (unpaired) electrons. The van der Waals surface area contributed by atoms with Crippen LogP contribution in [0.4, 0.5) is 5.69 Å². The highest BCUT2D eigenvalue weighted by molar-refractivity contribution is 6.37. The number of nitrogens with zero attached hydrogens (tertiary/aromatic N) is 3. The Morgan fingerprint density at radius 3 is 2.48 bits per heavy atom. The standard InChI is InChI=1S/C14H8Cl3N5O/c15-7-1-3-9(11(17)5-7)14(23)18-12-6-8(16)2-4-10(12)13-19-21-22-20-13/h1-6H,(H,18,23)(H,19,20,21,22). The second kappa shape index (κ2) is 6.54. The van der Waals surface area contributed by atoms with E-state index in [1.807, 2.05) is 0 Å². The summed E-state index contributed by atoms with van der Waals surface area (Å²) in [6.45, 7) is 0. The van der Waals surface area contributed by atoms with Gasteiger partial charge in [0.05, 0.1) is 16.3 Å². The summed E-state index contributed by atoms with van der Waals surface area (Å²) >= 11 is 17.9. The molecule has 1 heterocycles. The van der Waals surface area contributed by atoms with Gasteiger partial charge in [0.25, 0.3) is 5.91 Å². The number of hydrogen-bond donors (Lipinski definition) is 2. The predicted octanol–water partition coefficient (Wildman–Crippen LogP) is 4.08. The fourth-order valence-electron chi connectivity index (χ4n) is 1.95. The number of carbonyl (C=O) groups excluding carboxylic acids is 1. The fraction of sp³-hybridized carbons (Fsp3) is 0. The number of aromatic amines is 1. The van der Waals surface area contributed by atoms with Crippen LogP contribution in [0.1, 0.15) is 10.4 Å². The number of amides is 1. The number of rotatable bonds is 3. The largest absolute Gasteiger partial charge is 0.321 e. The number of hydrogen-bond acceptors (Lipinski definition) is 4. The zero-order valence-corrected chi connectivity index (χ0v) is 13.6. The van der Waals surface area contributed by atoms with E-state index >= 15 is 0 Å². The van der Waals surface area contributed by atoms with Gasteiger partial charge in [0.15, 0.2) is 0 Å². The molecule has 0 saturated heterocycles. The van der Waals surface area contributed by atoms with Crippen LogP contribution >= 0.6 is 34.8 Å². The van der Waals surface area contributed by atoms with Crippen LogP contribution in [0.2, 0.25) is 15.1 Å². The summed E-state index contributed by atoms with van der Waals surface area (Å²) < 4.78 is 0. The summed E-state index contributed by atoms with van der Waals surface area (Å²) in [5.74, 6) is -0.0714. The number of tetrazole rings is 1. The van der Waals surface area contributed by atoms with Crippen LogP contribution in [-0.4, -0.2) is 26.5 Å². The zero-order chi connectivity index (χ0) is 16.4. The maximum absolute atomic E-state index is 12.4. The maximum atomic E-state index is 12.4. The number of halogens is 3. The third-order valence-electron chi connectivity index (χ3n) is 2.99. The predicted molar refractivity (Wildman–Crippen MR) is 89.0 cm³/mol. The Morgan fingerprint density at radius 1 is 1.04 bits per heavy atom. The SMILES string of the molecule is O=C(Nc1cc(Cl)ccc1-c1nn[nH]n1)c1ccc(Cl)cc1Cl. The minimum atomic E-state index is -0.404. The van der Waals surface area contributed by atoms with Gasteiger partial charge in [0, 0.05) is 15.6 Å². The normalized spacial score (nSPS) is 10.6. The summed E-state index contributed by atoms with van der Waals surface area (Å²) in [6, 6.07) is 9.56. The highest BCUT2D eigenvalue weighted by Gasteiger charge is 2.16. The van der Waals surface area contributed by atoms with E-state index in [1.54, 1.807) is 30.3 Å². The smallest absolute Gasteiger partial charge is 0.257 e. The van der Waals surface area contributed by atoms with Gasteiger partial charge < -0.3 is 5.32 Å². The van der Waals surface area contributed by atoms with E-state index in [2.05, 4.69) is 25.9 Å². The zero-order valence-electron chi connectivity index (χ0n) is 11.3. The van der Waals surface area contributed by atoms with Crippen LogP contribution in [-0.2, 0) is 0 Å². The number of aromatic nitrogens is 4. The highest BCUT2D eigenvalue weighted by Crippen LogP contribution is 2.29. The molecule has 3 rings (SSSR count). The van der Waals surface area contributed by atoms with Crippen molar-refractivity contribution >= 4 is 46.4 Å². The number of H-pyrrole nitrogens is 1. The number of benzene rings is 2. The van der Waals surface area contributed by atoms with Crippen molar-refractivity contribution in [2.75, 3.05) is 5.32 Å². The molecule has 3 aromatic rings. The number of anilines is 1. The molecule has 2 N–H and O–H groups in total. The lowest BCUT2D eigenvalue weighted by atomic mass is 10.1. The third kappa shape index (κ3) is 3.44. The third-order valence-corrected chi connectivity index (χ3v) is 3.77. The Labute approximate surface area is 145 Å². The first-order chi connectivity index (χ1) is 11.0. The van der Waals surface area contributed by atoms with Crippen molar-refractivity contribution in [1.82, 2.24) is 20.6 Å². The Morgan fingerprint density at radius 2 is 1.78 bits per heavy atom. The van der Waals surface area contributed by atoms with Crippen molar-refractivity contribution in [3.8, 4) is 11.4 Å². The van der Waals surface area contributed by atoms with Gasteiger partial charge in [0.2, 0.25) is 5.82 Å². The van der Waals surface area contributed by atoms with Crippen molar-refractivity contribution < 1.29 is 4.79 Å².